The molecule has 0 bridgehead atoms. The van der Waals surface area contributed by atoms with E-state index in [0.29, 0.717) is 18.3 Å². The standard InChI is InChI=1S/C15H15N7S/c1-21(8-12-18-10-5-3-4-6-11(10)23-12)15-19-13(16)9-7-17-22(2)14(9)20-15/h3-7H,8H2,1-2H3,(H2,16,19,20). The first kappa shape index (κ1) is 13.9. The fourth-order valence-electron chi connectivity index (χ4n) is 2.46. The van der Waals surface area contributed by atoms with Gasteiger partial charge in [0.15, 0.2) is 5.65 Å². The lowest BCUT2D eigenvalue weighted by molar-refractivity contribution is 0.780. The Morgan fingerprint density at radius 1 is 1.22 bits per heavy atom. The molecule has 2 N–H and O–H groups in total. The van der Waals surface area contributed by atoms with Gasteiger partial charge in [0, 0.05) is 14.1 Å². The molecule has 0 saturated carbocycles. The van der Waals surface area contributed by atoms with Gasteiger partial charge in [-0.15, -0.1) is 11.3 Å². The van der Waals surface area contributed by atoms with E-state index in [9.17, 15) is 0 Å². The van der Waals surface area contributed by atoms with E-state index in [0.717, 1.165) is 21.6 Å². The monoisotopic (exact) mass is 325 g/mol. The molecule has 1 aromatic carbocycles. The van der Waals surface area contributed by atoms with Crippen LogP contribution in [0.2, 0.25) is 0 Å². The third-order valence-corrected chi connectivity index (χ3v) is 4.68. The first-order valence-electron chi connectivity index (χ1n) is 7.12. The van der Waals surface area contributed by atoms with E-state index in [-0.39, 0.29) is 0 Å². The van der Waals surface area contributed by atoms with Crippen LogP contribution in [0, 0.1) is 0 Å². The minimum atomic E-state index is 0.439. The minimum Gasteiger partial charge on any atom is -0.383 e. The molecule has 3 aromatic heterocycles. The van der Waals surface area contributed by atoms with Crippen molar-refractivity contribution in [3.05, 3.63) is 35.5 Å². The van der Waals surface area contributed by atoms with Gasteiger partial charge in [0.05, 0.1) is 28.3 Å². The van der Waals surface area contributed by atoms with Gasteiger partial charge >= 0.3 is 0 Å². The maximum atomic E-state index is 6.02. The fourth-order valence-corrected chi connectivity index (χ4v) is 3.48. The Morgan fingerprint density at radius 2 is 2.04 bits per heavy atom. The molecule has 0 fully saturated rings. The van der Waals surface area contributed by atoms with Gasteiger partial charge in [-0.1, -0.05) is 12.1 Å². The number of nitrogens with two attached hydrogens (primary N) is 1. The topological polar surface area (TPSA) is 85.8 Å². The second-order valence-electron chi connectivity index (χ2n) is 5.35. The van der Waals surface area contributed by atoms with E-state index in [2.05, 4.69) is 26.1 Å². The van der Waals surface area contributed by atoms with Crippen molar-refractivity contribution in [1.82, 2.24) is 24.7 Å². The molecular formula is C15H15N7S. The molecule has 4 rings (SSSR count). The number of anilines is 2. The molecule has 0 aliphatic carbocycles. The van der Waals surface area contributed by atoms with E-state index in [1.54, 1.807) is 22.2 Å². The number of nitrogen functional groups attached to an aromatic ring is 1. The molecule has 0 amide bonds. The highest BCUT2D eigenvalue weighted by molar-refractivity contribution is 7.18. The van der Waals surface area contributed by atoms with Gasteiger partial charge in [-0.05, 0) is 12.1 Å². The SMILES string of the molecule is CN(Cc1nc2ccccc2s1)c1nc(N)c2cnn(C)c2n1. The summed E-state index contributed by atoms with van der Waals surface area (Å²) in [5.74, 6) is 1.01. The van der Waals surface area contributed by atoms with Gasteiger partial charge in [0.1, 0.15) is 10.8 Å². The Kier molecular flexibility index (Phi) is 3.12. The molecule has 0 radical (unpaired) electrons. The van der Waals surface area contributed by atoms with Crippen molar-refractivity contribution in [1.29, 1.82) is 0 Å². The highest BCUT2D eigenvalue weighted by atomic mass is 32.1. The fraction of sp³-hybridized carbons (Fsp3) is 0.200. The number of aromatic nitrogens is 5. The first-order valence-corrected chi connectivity index (χ1v) is 7.94. The highest BCUT2D eigenvalue weighted by Crippen LogP contribution is 2.25. The molecule has 0 saturated heterocycles. The number of aryl methyl sites for hydroxylation is 1. The van der Waals surface area contributed by atoms with Crippen LogP contribution in [-0.4, -0.2) is 31.8 Å². The van der Waals surface area contributed by atoms with Gasteiger partial charge < -0.3 is 10.6 Å². The van der Waals surface area contributed by atoms with Crippen LogP contribution < -0.4 is 10.6 Å². The summed E-state index contributed by atoms with van der Waals surface area (Å²) in [7, 11) is 3.77. The van der Waals surface area contributed by atoms with E-state index in [4.69, 9.17) is 5.73 Å². The van der Waals surface area contributed by atoms with E-state index < -0.39 is 0 Å². The van der Waals surface area contributed by atoms with Gasteiger partial charge in [-0.25, -0.2) is 4.98 Å². The summed E-state index contributed by atoms with van der Waals surface area (Å²) in [6.07, 6.45) is 1.68. The molecule has 0 aliphatic heterocycles. The minimum absolute atomic E-state index is 0.439. The van der Waals surface area contributed by atoms with Crippen LogP contribution in [0.15, 0.2) is 30.5 Å². The summed E-state index contributed by atoms with van der Waals surface area (Å²) in [4.78, 5) is 15.5. The van der Waals surface area contributed by atoms with Crippen LogP contribution in [0.5, 0.6) is 0 Å². The molecule has 0 spiro atoms. The zero-order valence-electron chi connectivity index (χ0n) is 12.8. The van der Waals surface area contributed by atoms with Crippen molar-refractivity contribution < 1.29 is 0 Å². The van der Waals surface area contributed by atoms with Crippen LogP contribution >= 0.6 is 11.3 Å². The average molecular weight is 325 g/mol. The predicted octanol–water partition coefficient (Wildman–Crippen LogP) is 2.19. The molecule has 23 heavy (non-hydrogen) atoms. The third-order valence-electron chi connectivity index (χ3n) is 3.66. The second-order valence-corrected chi connectivity index (χ2v) is 6.46. The van der Waals surface area contributed by atoms with Crippen molar-refractivity contribution >= 4 is 44.4 Å². The van der Waals surface area contributed by atoms with Crippen molar-refractivity contribution in [2.24, 2.45) is 7.05 Å². The van der Waals surface area contributed by atoms with Crippen LogP contribution in [-0.2, 0) is 13.6 Å². The summed E-state index contributed by atoms with van der Waals surface area (Å²) in [5.41, 5.74) is 7.76. The molecule has 116 valence electrons. The molecule has 4 aromatic rings. The lowest BCUT2D eigenvalue weighted by Crippen LogP contribution is -2.19. The maximum Gasteiger partial charge on any atom is 0.229 e. The van der Waals surface area contributed by atoms with Crippen LogP contribution in [0.1, 0.15) is 5.01 Å². The Labute approximate surface area is 136 Å². The zero-order chi connectivity index (χ0) is 16.0. The summed E-state index contributed by atoms with van der Waals surface area (Å²) in [5, 5.41) is 5.96. The van der Waals surface area contributed by atoms with Crippen molar-refractivity contribution in [3.63, 3.8) is 0 Å². The van der Waals surface area contributed by atoms with Crippen molar-refractivity contribution in [2.75, 3.05) is 17.7 Å². The molecule has 0 atom stereocenters. The summed E-state index contributed by atoms with van der Waals surface area (Å²) in [6, 6.07) is 8.11. The average Bonchev–Trinajstić information content (AvgIpc) is 3.11. The zero-order valence-corrected chi connectivity index (χ0v) is 13.6. The van der Waals surface area contributed by atoms with Gasteiger partial charge in [0.2, 0.25) is 5.95 Å². The van der Waals surface area contributed by atoms with Crippen LogP contribution in [0.25, 0.3) is 21.3 Å². The predicted molar refractivity (Wildman–Crippen MR) is 92.4 cm³/mol. The van der Waals surface area contributed by atoms with Gasteiger partial charge in [0.25, 0.3) is 0 Å². The van der Waals surface area contributed by atoms with Crippen LogP contribution in [0.3, 0.4) is 0 Å². The highest BCUT2D eigenvalue weighted by Gasteiger charge is 2.14. The molecular weight excluding hydrogens is 310 g/mol. The molecule has 0 aliphatic rings. The quantitative estimate of drug-likeness (QED) is 0.621. The molecule has 3 heterocycles. The molecule has 8 heteroatoms. The Balaban J connectivity index is 1.68. The Bertz CT molecular complexity index is 971. The third kappa shape index (κ3) is 2.36. The number of hydrogen-bond donors (Lipinski definition) is 1. The van der Waals surface area contributed by atoms with Crippen molar-refractivity contribution in [3.8, 4) is 0 Å². The Morgan fingerprint density at radius 3 is 2.87 bits per heavy atom. The number of thiazole rings is 1. The first-order chi connectivity index (χ1) is 11.1. The lowest BCUT2D eigenvalue weighted by Gasteiger charge is -2.15. The number of hydrogen-bond acceptors (Lipinski definition) is 7. The van der Waals surface area contributed by atoms with Crippen LogP contribution in [0.4, 0.5) is 11.8 Å². The Hall–Kier alpha value is -2.74. The van der Waals surface area contributed by atoms with E-state index in [1.165, 1.54) is 4.70 Å². The second kappa shape index (κ2) is 5.17. The largest absolute Gasteiger partial charge is 0.383 e. The smallest absolute Gasteiger partial charge is 0.229 e. The summed E-state index contributed by atoms with van der Waals surface area (Å²) in [6.45, 7) is 0.627. The normalized spacial score (nSPS) is 11.4. The van der Waals surface area contributed by atoms with Crippen molar-refractivity contribution in [2.45, 2.75) is 6.54 Å². The number of fused-ring (bicyclic) bond motifs is 2. The number of nitrogens with zero attached hydrogens (tertiary/aromatic N) is 6. The van der Waals surface area contributed by atoms with E-state index >= 15 is 0 Å². The molecule has 7 nitrogen and oxygen atoms in total. The molecule has 0 unspecified atom stereocenters. The lowest BCUT2D eigenvalue weighted by atomic mass is 10.3. The van der Waals surface area contributed by atoms with Gasteiger partial charge in [-0.2, -0.15) is 15.1 Å². The number of para-hydroxylation sites is 1. The number of benzene rings is 1. The summed E-state index contributed by atoms with van der Waals surface area (Å²) >= 11 is 1.68. The number of rotatable bonds is 3. The van der Waals surface area contributed by atoms with Gasteiger partial charge in [-0.3, -0.25) is 4.68 Å². The van der Waals surface area contributed by atoms with E-state index in [1.807, 2.05) is 37.2 Å². The summed E-state index contributed by atoms with van der Waals surface area (Å²) < 4.78 is 2.88. The maximum absolute atomic E-state index is 6.02.